The molecule has 2 heterocycles. The van der Waals surface area contributed by atoms with E-state index in [1.165, 1.54) is 23.1 Å². The van der Waals surface area contributed by atoms with E-state index in [1.807, 2.05) is 6.07 Å². The quantitative estimate of drug-likeness (QED) is 0.850. The van der Waals surface area contributed by atoms with Gasteiger partial charge in [0.1, 0.15) is 0 Å². The molecule has 1 saturated heterocycles. The third-order valence-electron chi connectivity index (χ3n) is 5.23. The Hall–Kier alpha value is -0.870. The van der Waals surface area contributed by atoms with E-state index in [4.69, 9.17) is 11.6 Å². The molecule has 1 aliphatic heterocycles. The van der Waals surface area contributed by atoms with Crippen molar-refractivity contribution in [2.75, 3.05) is 19.6 Å². The van der Waals surface area contributed by atoms with Gasteiger partial charge in [0, 0.05) is 42.2 Å². The molecule has 1 fully saturated rings. The molecular weight excluding hydrogens is 324 g/mol. The molecule has 1 aromatic carbocycles. The van der Waals surface area contributed by atoms with Crippen molar-refractivity contribution in [3.05, 3.63) is 56.7 Å². The number of nitrogens with zero attached hydrogens (tertiary/aromatic N) is 1. The third-order valence-corrected chi connectivity index (χ3v) is 6.17. The number of piperazine rings is 1. The van der Waals surface area contributed by atoms with E-state index in [0.717, 1.165) is 24.7 Å². The molecule has 23 heavy (non-hydrogen) atoms. The summed E-state index contributed by atoms with van der Waals surface area (Å²) in [4.78, 5) is 2.65. The molecule has 0 bridgehead atoms. The maximum absolute atomic E-state index is 6.33. The highest BCUT2D eigenvalue weighted by Gasteiger charge is 2.38. The van der Waals surface area contributed by atoms with Gasteiger partial charge in [0.05, 0.1) is 0 Å². The predicted molar refractivity (Wildman–Crippen MR) is 98.6 cm³/mol. The average Bonchev–Trinajstić information content (AvgIpc) is 3.12. The summed E-state index contributed by atoms with van der Waals surface area (Å²) in [6.07, 6.45) is 1.17. The molecule has 0 radical (unpaired) electrons. The van der Waals surface area contributed by atoms with Gasteiger partial charge in [-0.3, -0.25) is 4.90 Å². The van der Waals surface area contributed by atoms with Crippen molar-refractivity contribution >= 4 is 22.9 Å². The fourth-order valence-electron chi connectivity index (χ4n) is 4.21. The number of nitrogens with one attached hydrogen (secondary N) is 1. The molecular formula is C19H23ClN2S. The molecule has 2 aromatic rings. The number of thiophene rings is 1. The minimum Gasteiger partial charge on any atom is -0.309 e. The van der Waals surface area contributed by atoms with E-state index < -0.39 is 0 Å². The number of benzene rings is 1. The highest BCUT2D eigenvalue weighted by molar-refractivity contribution is 7.08. The molecule has 2 nitrogen and oxygen atoms in total. The van der Waals surface area contributed by atoms with Crippen LogP contribution in [-0.4, -0.2) is 30.1 Å². The summed E-state index contributed by atoms with van der Waals surface area (Å²) in [5.74, 6) is 0.511. The van der Waals surface area contributed by atoms with E-state index in [9.17, 15) is 0 Å². The van der Waals surface area contributed by atoms with Gasteiger partial charge in [-0.05, 0) is 65.9 Å². The topological polar surface area (TPSA) is 15.3 Å². The lowest BCUT2D eigenvalue weighted by atomic mass is 9.95. The van der Waals surface area contributed by atoms with Crippen LogP contribution in [0.5, 0.6) is 0 Å². The van der Waals surface area contributed by atoms with E-state index in [-0.39, 0.29) is 5.54 Å². The van der Waals surface area contributed by atoms with Crippen molar-refractivity contribution in [1.29, 1.82) is 0 Å². The van der Waals surface area contributed by atoms with Gasteiger partial charge in [-0.2, -0.15) is 11.3 Å². The van der Waals surface area contributed by atoms with Crippen LogP contribution in [0.15, 0.2) is 35.0 Å². The molecule has 2 atom stereocenters. The normalized spacial score (nSPS) is 27.1. The third kappa shape index (κ3) is 2.96. The smallest absolute Gasteiger partial charge is 0.0409 e. The van der Waals surface area contributed by atoms with Crippen LogP contribution < -0.4 is 5.32 Å². The second-order valence-electron chi connectivity index (χ2n) is 7.42. The van der Waals surface area contributed by atoms with Crippen molar-refractivity contribution in [1.82, 2.24) is 10.2 Å². The SMILES string of the molecule is CC1(C)CN([C@@H]2C[C@@H](c3ccsc3)c3ccc(Cl)cc32)CCN1. The summed E-state index contributed by atoms with van der Waals surface area (Å²) >= 11 is 8.12. The summed E-state index contributed by atoms with van der Waals surface area (Å²) in [5.41, 5.74) is 4.54. The molecule has 1 aromatic heterocycles. The van der Waals surface area contributed by atoms with Crippen LogP contribution in [0.4, 0.5) is 0 Å². The van der Waals surface area contributed by atoms with Gasteiger partial charge in [-0.15, -0.1) is 0 Å². The van der Waals surface area contributed by atoms with E-state index >= 15 is 0 Å². The zero-order valence-electron chi connectivity index (χ0n) is 13.7. The Balaban J connectivity index is 1.70. The molecule has 1 N–H and O–H groups in total. The first-order valence-corrected chi connectivity index (χ1v) is 9.66. The number of hydrogen-bond donors (Lipinski definition) is 1. The number of rotatable bonds is 2. The molecule has 1 aliphatic carbocycles. The summed E-state index contributed by atoms with van der Waals surface area (Å²) in [5, 5.41) is 8.96. The average molecular weight is 347 g/mol. The zero-order chi connectivity index (χ0) is 16.0. The maximum Gasteiger partial charge on any atom is 0.0409 e. The molecule has 0 unspecified atom stereocenters. The van der Waals surface area contributed by atoms with E-state index in [0.29, 0.717) is 12.0 Å². The fourth-order valence-corrected chi connectivity index (χ4v) is 5.10. The van der Waals surface area contributed by atoms with Gasteiger partial charge in [-0.25, -0.2) is 0 Å². The number of halogens is 1. The Morgan fingerprint density at radius 3 is 2.87 bits per heavy atom. The van der Waals surface area contributed by atoms with Crippen molar-refractivity contribution in [2.24, 2.45) is 0 Å². The van der Waals surface area contributed by atoms with Gasteiger partial charge < -0.3 is 5.32 Å². The molecule has 0 amide bonds. The van der Waals surface area contributed by atoms with Crippen LogP contribution >= 0.6 is 22.9 Å². The lowest BCUT2D eigenvalue weighted by Gasteiger charge is -2.42. The van der Waals surface area contributed by atoms with Gasteiger partial charge >= 0.3 is 0 Å². The van der Waals surface area contributed by atoms with Gasteiger partial charge in [0.25, 0.3) is 0 Å². The first-order chi connectivity index (χ1) is 11.0. The van der Waals surface area contributed by atoms with Crippen molar-refractivity contribution in [3.8, 4) is 0 Å². The Labute approximate surface area is 147 Å². The van der Waals surface area contributed by atoms with Crippen LogP contribution in [-0.2, 0) is 0 Å². The molecule has 0 saturated carbocycles. The Bertz CT molecular complexity index is 695. The Morgan fingerprint density at radius 2 is 2.13 bits per heavy atom. The summed E-state index contributed by atoms with van der Waals surface area (Å²) in [6, 6.07) is 9.24. The van der Waals surface area contributed by atoms with E-state index in [2.05, 4.69) is 53.0 Å². The standard InChI is InChI=1S/C19H23ClN2S/c1-19(2)12-22(7-6-21-19)18-10-16(13-5-8-23-11-13)15-4-3-14(20)9-17(15)18/h3-5,8-9,11,16,18,21H,6-7,10,12H2,1-2H3/t16-,18+/m0/s1. The minimum absolute atomic E-state index is 0.178. The van der Waals surface area contributed by atoms with Crippen LogP contribution in [0.25, 0.3) is 0 Å². The first-order valence-electron chi connectivity index (χ1n) is 8.34. The monoisotopic (exact) mass is 346 g/mol. The second-order valence-corrected chi connectivity index (χ2v) is 8.63. The summed E-state index contributed by atoms with van der Waals surface area (Å²) < 4.78 is 0. The molecule has 122 valence electrons. The number of hydrogen-bond acceptors (Lipinski definition) is 3. The Morgan fingerprint density at radius 1 is 1.26 bits per heavy atom. The lowest BCUT2D eigenvalue weighted by Crippen LogP contribution is -2.57. The molecule has 2 aliphatic rings. The number of fused-ring (bicyclic) bond motifs is 1. The first kappa shape index (κ1) is 15.6. The largest absolute Gasteiger partial charge is 0.309 e. The van der Waals surface area contributed by atoms with Crippen molar-refractivity contribution in [2.45, 2.75) is 37.8 Å². The van der Waals surface area contributed by atoms with Crippen molar-refractivity contribution < 1.29 is 0 Å². The molecule has 0 spiro atoms. The second kappa shape index (κ2) is 5.89. The zero-order valence-corrected chi connectivity index (χ0v) is 15.3. The van der Waals surface area contributed by atoms with Crippen LogP contribution in [0.3, 0.4) is 0 Å². The minimum atomic E-state index is 0.178. The van der Waals surface area contributed by atoms with E-state index in [1.54, 1.807) is 11.3 Å². The van der Waals surface area contributed by atoms with Crippen molar-refractivity contribution in [3.63, 3.8) is 0 Å². The lowest BCUT2D eigenvalue weighted by molar-refractivity contribution is 0.107. The summed E-state index contributed by atoms with van der Waals surface area (Å²) in [6.45, 7) is 7.84. The van der Waals surface area contributed by atoms with Crippen LogP contribution in [0.1, 0.15) is 48.9 Å². The highest BCUT2D eigenvalue weighted by atomic mass is 35.5. The van der Waals surface area contributed by atoms with Gasteiger partial charge in [-0.1, -0.05) is 17.7 Å². The van der Waals surface area contributed by atoms with Crippen LogP contribution in [0.2, 0.25) is 5.02 Å². The van der Waals surface area contributed by atoms with Crippen LogP contribution in [0, 0.1) is 0 Å². The van der Waals surface area contributed by atoms with Gasteiger partial charge in [0.2, 0.25) is 0 Å². The molecule has 4 heteroatoms. The maximum atomic E-state index is 6.33. The summed E-state index contributed by atoms with van der Waals surface area (Å²) in [7, 11) is 0. The Kier molecular flexibility index (Phi) is 4.01. The van der Waals surface area contributed by atoms with Gasteiger partial charge in [0.15, 0.2) is 0 Å². The highest BCUT2D eigenvalue weighted by Crippen LogP contribution is 2.48. The molecule has 4 rings (SSSR count). The fraction of sp³-hybridized carbons (Fsp3) is 0.474. The predicted octanol–water partition coefficient (Wildman–Crippen LogP) is 4.66.